The molecule has 0 atom stereocenters. The van der Waals surface area contributed by atoms with E-state index < -0.39 is 30.5 Å². The zero-order valence-electron chi connectivity index (χ0n) is 16.2. The van der Waals surface area contributed by atoms with E-state index in [1.807, 2.05) is 0 Å². The van der Waals surface area contributed by atoms with Crippen molar-refractivity contribution in [2.75, 3.05) is 19.8 Å². The van der Waals surface area contributed by atoms with Crippen molar-refractivity contribution in [3.05, 3.63) is 63.1 Å². The summed E-state index contributed by atoms with van der Waals surface area (Å²) in [6, 6.07) is 8.41. The number of rotatable bonds is 7. The minimum Gasteiger partial charge on any atom is -0.480 e. The maximum Gasteiger partial charge on any atom is 0.419 e. The molecular formula is C21H21Cl3F3NO3. The van der Waals surface area contributed by atoms with Crippen molar-refractivity contribution in [1.82, 2.24) is 0 Å². The molecule has 0 heterocycles. The topological polar surface area (TPSA) is 75.7 Å². The van der Waals surface area contributed by atoms with E-state index >= 15 is 0 Å². The normalized spacial score (nSPS) is 11.4. The molecule has 10 heteroatoms. The standard InChI is InChI=1S/C21H20Cl2F3NO3.ClH/c22-17-5-3-14(11-18(17)23)2-1-9-30-19-6-4-15(10-16(19)21(24,25)26)7-8-20(27,12-28)13-29;/h3-6,10-11,28-29H,7-9,12-13,27H2;1H. The molecule has 0 saturated carbocycles. The van der Waals surface area contributed by atoms with Crippen molar-refractivity contribution in [3.8, 4) is 17.6 Å². The molecule has 0 unspecified atom stereocenters. The van der Waals surface area contributed by atoms with Crippen molar-refractivity contribution in [1.29, 1.82) is 0 Å². The highest BCUT2D eigenvalue weighted by molar-refractivity contribution is 6.42. The summed E-state index contributed by atoms with van der Waals surface area (Å²) in [4.78, 5) is 0. The molecule has 0 bridgehead atoms. The lowest BCUT2D eigenvalue weighted by Crippen LogP contribution is -2.47. The van der Waals surface area contributed by atoms with Crippen molar-refractivity contribution < 1.29 is 28.1 Å². The number of alkyl halides is 3. The number of aliphatic hydroxyl groups is 2. The molecule has 170 valence electrons. The second-order valence-corrected chi connectivity index (χ2v) is 7.54. The number of hydrogen-bond acceptors (Lipinski definition) is 4. The summed E-state index contributed by atoms with van der Waals surface area (Å²) in [6.45, 7) is -1.22. The third kappa shape index (κ3) is 8.08. The van der Waals surface area contributed by atoms with Crippen LogP contribution in [0.4, 0.5) is 13.2 Å². The maximum absolute atomic E-state index is 13.4. The van der Waals surface area contributed by atoms with Gasteiger partial charge in [0.1, 0.15) is 12.4 Å². The first-order chi connectivity index (χ1) is 14.1. The number of nitrogens with two attached hydrogens (primary N) is 1. The predicted molar refractivity (Wildman–Crippen MR) is 117 cm³/mol. The highest BCUT2D eigenvalue weighted by atomic mass is 35.5. The highest BCUT2D eigenvalue weighted by Crippen LogP contribution is 2.37. The number of benzene rings is 2. The second-order valence-electron chi connectivity index (χ2n) is 6.73. The first-order valence-electron chi connectivity index (χ1n) is 8.85. The molecule has 0 aromatic heterocycles. The van der Waals surface area contributed by atoms with Crippen molar-refractivity contribution in [2.45, 2.75) is 24.6 Å². The molecule has 0 fully saturated rings. The van der Waals surface area contributed by atoms with Crippen LogP contribution in [-0.4, -0.2) is 35.6 Å². The minimum atomic E-state index is -4.63. The first kappa shape index (κ1) is 27.4. The molecule has 0 aliphatic heterocycles. The van der Waals surface area contributed by atoms with E-state index in [2.05, 4.69) is 11.8 Å². The minimum absolute atomic E-state index is 0. The van der Waals surface area contributed by atoms with E-state index in [0.717, 1.165) is 6.07 Å². The number of aryl methyl sites for hydroxylation is 1. The maximum atomic E-state index is 13.4. The first-order valence-corrected chi connectivity index (χ1v) is 9.61. The monoisotopic (exact) mass is 497 g/mol. The van der Waals surface area contributed by atoms with Gasteiger partial charge in [-0.1, -0.05) is 41.1 Å². The van der Waals surface area contributed by atoms with E-state index in [9.17, 15) is 23.4 Å². The van der Waals surface area contributed by atoms with E-state index in [0.29, 0.717) is 21.2 Å². The Morgan fingerprint density at radius 1 is 1.00 bits per heavy atom. The highest BCUT2D eigenvalue weighted by Gasteiger charge is 2.35. The third-order valence-corrected chi connectivity index (χ3v) is 5.08. The summed E-state index contributed by atoms with van der Waals surface area (Å²) in [7, 11) is 0. The van der Waals surface area contributed by atoms with E-state index in [1.54, 1.807) is 18.2 Å². The van der Waals surface area contributed by atoms with Crippen molar-refractivity contribution >= 4 is 35.6 Å². The van der Waals surface area contributed by atoms with E-state index in [4.69, 9.17) is 33.7 Å². The van der Waals surface area contributed by atoms with Gasteiger partial charge in [-0.2, -0.15) is 13.2 Å². The zero-order chi connectivity index (χ0) is 22.4. The summed E-state index contributed by atoms with van der Waals surface area (Å²) in [5.41, 5.74) is 4.48. The van der Waals surface area contributed by atoms with Crippen LogP contribution in [0.25, 0.3) is 0 Å². The van der Waals surface area contributed by atoms with Gasteiger partial charge in [-0.15, -0.1) is 12.4 Å². The molecule has 2 aromatic rings. The summed E-state index contributed by atoms with van der Waals surface area (Å²) in [5, 5.41) is 19.1. The third-order valence-electron chi connectivity index (χ3n) is 4.34. The lowest BCUT2D eigenvalue weighted by molar-refractivity contribution is -0.138. The van der Waals surface area contributed by atoms with Gasteiger partial charge < -0.3 is 20.7 Å². The van der Waals surface area contributed by atoms with Gasteiger partial charge in [0.25, 0.3) is 0 Å². The van der Waals surface area contributed by atoms with Crippen LogP contribution in [-0.2, 0) is 12.6 Å². The van der Waals surface area contributed by atoms with Gasteiger partial charge in [-0.05, 0) is 48.7 Å². The molecule has 31 heavy (non-hydrogen) atoms. The Bertz CT molecular complexity index is 939. The quantitative estimate of drug-likeness (QED) is 0.492. The van der Waals surface area contributed by atoms with Gasteiger partial charge >= 0.3 is 6.18 Å². The SMILES string of the molecule is Cl.NC(CO)(CO)CCc1ccc(OCC#Cc2ccc(Cl)c(Cl)c2)c(C(F)(F)F)c1. The molecule has 0 aliphatic rings. The molecule has 4 N–H and O–H groups in total. The van der Waals surface area contributed by atoms with Crippen LogP contribution in [0.15, 0.2) is 36.4 Å². The van der Waals surface area contributed by atoms with E-state index in [1.165, 1.54) is 12.1 Å². The Morgan fingerprint density at radius 3 is 2.26 bits per heavy atom. The van der Waals surface area contributed by atoms with Crippen LogP contribution < -0.4 is 10.5 Å². The zero-order valence-corrected chi connectivity index (χ0v) is 18.5. The summed E-state index contributed by atoms with van der Waals surface area (Å²) in [6.07, 6.45) is -4.36. The van der Waals surface area contributed by atoms with Crippen LogP contribution in [0.5, 0.6) is 5.75 Å². The van der Waals surface area contributed by atoms with Gasteiger partial charge in [0, 0.05) is 5.56 Å². The van der Waals surface area contributed by atoms with E-state index in [-0.39, 0.29) is 37.6 Å². The average Bonchev–Trinajstić information content (AvgIpc) is 2.71. The van der Waals surface area contributed by atoms with Crippen molar-refractivity contribution in [3.63, 3.8) is 0 Å². The second kappa shape index (κ2) is 11.8. The number of hydrogen-bond donors (Lipinski definition) is 3. The lowest BCUT2D eigenvalue weighted by atomic mass is 9.93. The molecular weight excluding hydrogens is 478 g/mol. The fourth-order valence-corrected chi connectivity index (χ4v) is 2.81. The molecule has 0 radical (unpaired) electrons. The van der Waals surface area contributed by atoms with Gasteiger partial charge in [-0.3, -0.25) is 0 Å². The summed E-state index contributed by atoms with van der Waals surface area (Å²) >= 11 is 11.7. The predicted octanol–water partition coefficient (Wildman–Crippen LogP) is 4.48. The van der Waals surface area contributed by atoms with Crippen LogP contribution in [0, 0.1) is 11.8 Å². The smallest absolute Gasteiger partial charge is 0.419 e. The molecule has 0 aliphatic carbocycles. The average molecular weight is 499 g/mol. The molecule has 2 aromatic carbocycles. The fraction of sp³-hybridized carbons (Fsp3) is 0.333. The summed E-state index contributed by atoms with van der Waals surface area (Å²) < 4.78 is 45.6. The molecule has 0 amide bonds. The Hall–Kier alpha value is -1.66. The number of aliphatic hydroxyl groups excluding tert-OH is 2. The Morgan fingerprint density at radius 2 is 1.68 bits per heavy atom. The Kier molecular flexibility index (Phi) is 10.4. The Labute approximate surface area is 194 Å². The Balaban J connectivity index is 0.00000480. The van der Waals surface area contributed by atoms with Gasteiger partial charge in [0.15, 0.2) is 0 Å². The molecule has 0 saturated heterocycles. The van der Waals surface area contributed by atoms with Crippen LogP contribution in [0.1, 0.15) is 23.1 Å². The van der Waals surface area contributed by atoms with Gasteiger partial charge in [0.2, 0.25) is 0 Å². The van der Waals surface area contributed by atoms with Crippen molar-refractivity contribution in [2.24, 2.45) is 5.73 Å². The lowest BCUT2D eigenvalue weighted by Gasteiger charge is -2.24. The fourth-order valence-electron chi connectivity index (χ4n) is 2.51. The van der Waals surface area contributed by atoms with Crippen LogP contribution in [0.3, 0.4) is 0 Å². The summed E-state index contributed by atoms with van der Waals surface area (Å²) in [5.74, 6) is 5.03. The van der Waals surface area contributed by atoms with Gasteiger partial charge in [0.05, 0.1) is 34.4 Å². The molecule has 0 spiro atoms. The molecule has 2 rings (SSSR count). The largest absolute Gasteiger partial charge is 0.480 e. The molecule has 4 nitrogen and oxygen atoms in total. The number of halogens is 6. The van der Waals surface area contributed by atoms with Gasteiger partial charge in [-0.25, -0.2) is 0 Å². The van der Waals surface area contributed by atoms with Crippen LogP contribution in [0.2, 0.25) is 10.0 Å². The number of ether oxygens (including phenoxy) is 1. The van der Waals surface area contributed by atoms with Crippen LogP contribution >= 0.6 is 35.6 Å².